The van der Waals surface area contributed by atoms with Crippen molar-refractivity contribution in [2.45, 2.75) is 19.8 Å². The van der Waals surface area contributed by atoms with Gasteiger partial charge in [-0.05, 0) is 48.9 Å². The lowest BCUT2D eigenvalue weighted by molar-refractivity contribution is 0.627. The van der Waals surface area contributed by atoms with Crippen LogP contribution in [0.5, 0.6) is 0 Å². The van der Waals surface area contributed by atoms with E-state index in [0.717, 1.165) is 52.7 Å². The van der Waals surface area contributed by atoms with E-state index in [9.17, 15) is 4.39 Å². The second-order valence-electron chi connectivity index (χ2n) is 6.21. The van der Waals surface area contributed by atoms with E-state index in [0.29, 0.717) is 5.02 Å². The maximum absolute atomic E-state index is 13.2. The van der Waals surface area contributed by atoms with Gasteiger partial charge >= 0.3 is 0 Å². The highest BCUT2D eigenvalue weighted by Gasteiger charge is 2.13. The highest BCUT2D eigenvalue weighted by Crippen LogP contribution is 2.31. The molecule has 2 heterocycles. The Hall–Kier alpha value is -2.66. The minimum Gasteiger partial charge on any atom is -0.369 e. The highest BCUT2D eigenvalue weighted by molar-refractivity contribution is 6.31. The second kappa shape index (κ2) is 6.92. The molecule has 0 aliphatic heterocycles. The fourth-order valence-electron chi connectivity index (χ4n) is 2.97. The van der Waals surface area contributed by atoms with Crippen molar-refractivity contribution < 1.29 is 4.39 Å². The van der Waals surface area contributed by atoms with Gasteiger partial charge in [0.25, 0.3) is 0 Å². The van der Waals surface area contributed by atoms with Gasteiger partial charge in [-0.2, -0.15) is 5.10 Å². The van der Waals surface area contributed by atoms with Crippen LogP contribution >= 0.6 is 11.6 Å². The normalized spacial score (nSPS) is 11.3. The van der Waals surface area contributed by atoms with Crippen LogP contribution in [0.1, 0.15) is 19.8 Å². The molecule has 0 unspecified atom stereocenters. The quantitative estimate of drug-likeness (QED) is 0.468. The van der Waals surface area contributed by atoms with Crippen molar-refractivity contribution in [3.63, 3.8) is 0 Å². The number of hydrogen-bond acceptors (Lipinski definition) is 3. The molecule has 0 aliphatic carbocycles. The summed E-state index contributed by atoms with van der Waals surface area (Å²) < 4.78 is 15.0. The van der Waals surface area contributed by atoms with E-state index in [1.807, 2.05) is 24.4 Å². The molecule has 1 N–H and O–H groups in total. The second-order valence-corrected chi connectivity index (χ2v) is 6.65. The summed E-state index contributed by atoms with van der Waals surface area (Å²) in [6.45, 7) is 3.00. The molecule has 0 bridgehead atoms. The highest BCUT2D eigenvalue weighted by atomic mass is 35.5. The molecule has 4 nitrogen and oxygen atoms in total. The zero-order valence-corrected chi connectivity index (χ0v) is 15.1. The number of nitrogens with zero attached hydrogens (tertiary/aromatic N) is 3. The van der Waals surface area contributed by atoms with Gasteiger partial charge in [0, 0.05) is 23.2 Å². The summed E-state index contributed by atoms with van der Waals surface area (Å²) >= 11 is 6.18. The average molecular weight is 369 g/mol. The molecule has 0 aliphatic rings. The SMILES string of the molecule is CCCCNc1nc2ccc(Cl)cc2c2nn(-c3ccc(F)cc3)cc12. The van der Waals surface area contributed by atoms with Crippen LogP contribution in [0.15, 0.2) is 48.7 Å². The smallest absolute Gasteiger partial charge is 0.137 e. The molecular formula is C20H18ClFN4. The topological polar surface area (TPSA) is 42.7 Å². The maximum atomic E-state index is 13.2. The summed E-state index contributed by atoms with van der Waals surface area (Å²) in [5.74, 6) is 0.530. The molecule has 0 radical (unpaired) electrons. The van der Waals surface area contributed by atoms with Gasteiger partial charge in [0.15, 0.2) is 0 Å². The first kappa shape index (κ1) is 16.8. The van der Waals surface area contributed by atoms with Gasteiger partial charge in [0.2, 0.25) is 0 Å². The molecule has 4 aromatic rings. The number of anilines is 1. The third-order valence-electron chi connectivity index (χ3n) is 4.33. The van der Waals surface area contributed by atoms with E-state index in [1.54, 1.807) is 16.8 Å². The first-order valence-electron chi connectivity index (χ1n) is 8.64. The van der Waals surface area contributed by atoms with Gasteiger partial charge in [-0.1, -0.05) is 24.9 Å². The number of rotatable bonds is 5. The van der Waals surface area contributed by atoms with Gasteiger partial charge < -0.3 is 5.32 Å². The monoisotopic (exact) mass is 368 g/mol. The Bertz CT molecular complexity index is 1070. The van der Waals surface area contributed by atoms with Crippen LogP contribution in [0, 0.1) is 5.82 Å². The maximum Gasteiger partial charge on any atom is 0.137 e. The molecule has 0 amide bonds. The van der Waals surface area contributed by atoms with Crippen LogP contribution in [0.2, 0.25) is 5.02 Å². The van der Waals surface area contributed by atoms with E-state index in [4.69, 9.17) is 21.7 Å². The fourth-order valence-corrected chi connectivity index (χ4v) is 3.14. The van der Waals surface area contributed by atoms with Crippen molar-refractivity contribution in [2.75, 3.05) is 11.9 Å². The molecule has 26 heavy (non-hydrogen) atoms. The predicted molar refractivity (Wildman–Crippen MR) is 105 cm³/mol. The van der Waals surface area contributed by atoms with Gasteiger partial charge in [0.1, 0.15) is 17.2 Å². The van der Waals surface area contributed by atoms with Crippen LogP contribution in [0.3, 0.4) is 0 Å². The molecule has 6 heteroatoms. The minimum absolute atomic E-state index is 0.272. The molecule has 0 saturated heterocycles. The lowest BCUT2D eigenvalue weighted by atomic mass is 10.1. The van der Waals surface area contributed by atoms with E-state index >= 15 is 0 Å². The molecule has 0 atom stereocenters. The van der Waals surface area contributed by atoms with Crippen molar-refractivity contribution in [1.82, 2.24) is 14.8 Å². The predicted octanol–water partition coefficient (Wildman–Crippen LogP) is 5.58. The van der Waals surface area contributed by atoms with E-state index in [2.05, 4.69) is 12.2 Å². The Morgan fingerprint density at radius 3 is 2.69 bits per heavy atom. The van der Waals surface area contributed by atoms with Crippen LogP contribution in [-0.4, -0.2) is 21.3 Å². The van der Waals surface area contributed by atoms with Gasteiger partial charge in [-0.3, -0.25) is 0 Å². The lowest BCUT2D eigenvalue weighted by Gasteiger charge is -2.08. The van der Waals surface area contributed by atoms with Gasteiger partial charge in [-0.25, -0.2) is 14.1 Å². The lowest BCUT2D eigenvalue weighted by Crippen LogP contribution is -2.03. The number of halogens is 2. The Morgan fingerprint density at radius 1 is 1.12 bits per heavy atom. The molecule has 0 spiro atoms. The Kier molecular flexibility index (Phi) is 4.47. The Labute approximate surface area is 155 Å². The zero-order chi connectivity index (χ0) is 18.1. The third kappa shape index (κ3) is 3.10. The summed E-state index contributed by atoms with van der Waals surface area (Å²) in [7, 11) is 0. The number of nitrogens with one attached hydrogen (secondary N) is 1. The number of unbranched alkanes of at least 4 members (excludes halogenated alkanes) is 1. The molecular weight excluding hydrogens is 351 g/mol. The van der Waals surface area contributed by atoms with Crippen LogP contribution < -0.4 is 5.32 Å². The molecule has 2 aromatic heterocycles. The minimum atomic E-state index is -0.272. The van der Waals surface area contributed by atoms with Crippen molar-refractivity contribution in [3.05, 3.63) is 59.5 Å². The van der Waals surface area contributed by atoms with Crippen LogP contribution in [0.25, 0.3) is 27.5 Å². The van der Waals surface area contributed by atoms with E-state index < -0.39 is 0 Å². The van der Waals surface area contributed by atoms with E-state index in [1.165, 1.54) is 12.1 Å². The number of fused-ring (bicyclic) bond motifs is 3. The first-order chi connectivity index (χ1) is 12.7. The molecule has 0 fully saturated rings. The van der Waals surface area contributed by atoms with Crippen LogP contribution in [-0.2, 0) is 0 Å². The number of benzene rings is 2. The van der Waals surface area contributed by atoms with Gasteiger partial charge in [-0.15, -0.1) is 0 Å². The molecule has 0 saturated carbocycles. The van der Waals surface area contributed by atoms with Crippen LogP contribution in [0.4, 0.5) is 10.2 Å². The Balaban J connectivity index is 1.91. The standard InChI is InChI=1S/C20H18ClFN4/c1-2-3-10-23-20-17-12-26(15-7-5-14(22)6-8-15)25-19(17)16-11-13(21)4-9-18(16)24-20/h4-9,11-12H,2-3,10H2,1H3,(H,23,24). The van der Waals surface area contributed by atoms with Crippen molar-refractivity contribution in [2.24, 2.45) is 0 Å². The zero-order valence-electron chi connectivity index (χ0n) is 14.3. The van der Waals surface area contributed by atoms with Gasteiger partial charge in [0.05, 0.1) is 16.6 Å². The van der Waals surface area contributed by atoms with E-state index in [-0.39, 0.29) is 5.82 Å². The number of aromatic nitrogens is 3. The molecule has 4 rings (SSSR count). The Morgan fingerprint density at radius 2 is 1.92 bits per heavy atom. The molecule has 132 valence electrons. The van der Waals surface area contributed by atoms with Crippen molar-refractivity contribution >= 4 is 39.2 Å². The fraction of sp³-hybridized carbons (Fsp3) is 0.200. The van der Waals surface area contributed by atoms with Crippen molar-refractivity contribution in [3.8, 4) is 5.69 Å². The summed E-state index contributed by atoms with van der Waals surface area (Å²) in [5.41, 5.74) is 2.45. The molecule has 2 aromatic carbocycles. The number of hydrogen-bond donors (Lipinski definition) is 1. The summed E-state index contributed by atoms with van der Waals surface area (Å²) in [4.78, 5) is 4.75. The average Bonchev–Trinajstić information content (AvgIpc) is 3.09. The third-order valence-corrected chi connectivity index (χ3v) is 4.56. The summed E-state index contributed by atoms with van der Waals surface area (Å²) in [5, 5.41) is 10.6. The summed E-state index contributed by atoms with van der Waals surface area (Å²) in [6, 6.07) is 11.9. The number of pyridine rings is 1. The first-order valence-corrected chi connectivity index (χ1v) is 9.02. The summed E-state index contributed by atoms with van der Waals surface area (Å²) in [6.07, 6.45) is 4.09. The largest absolute Gasteiger partial charge is 0.369 e. The van der Waals surface area contributed by atoms with Crippen molar-refractivity contribution in [1.29, 1.82) is 0 Å².